The van der Waals surface area contributed by atoms with Gasteiger partial charge >= 0.3 is 12.3 Å². The van der Waals surface area contributed by atoms with Crippen LogP contribution in [-0.4, -0.2) is 24.4 Å². The number of fused-ring (bicyclic) bond motifs is 1. The number of nitrogens with zero attached hydrogens (tertiary/aromatic N) is 1. The maximum atomic E-state index is 13.3. The zero-order valence-corrected chi connectivity index (χ0v) is 12.0. The molecule has 1 amide bonds. The lowest BCUT2D eigenvalue weighted by molar-refractivity contribution is -0.149. The number of para-hydroxylation sites is 1. The number of halogens is 3. The number of hydrogen-bond donors (Lipinski definition) is 0. The van der Waals surface area contributed by atoms with Gasteiger partial charge in [-0.25, -0.2) is 4.79 Å². The highest BCUT2D eigenvalue weighted by Gasteiger charge is 2.47. The third-order valence-electron chi connectivity index (χ3n) is 3.40. The van der Waals surface area contributed by atoms with Crippen LogP contribution in [0.1, 0.15) is 32.3 Å². The number of aryl methyl sites for hydroxylation is 1. The van der Waals surface area contributed by atoms with Crippen molar-refractivity contribution >= 4 is 11.8 Å². The fraction of sp³-hybridized carbons (Fsp3) is 0.533. The fourth-order valence-electron chi connectivity index (χ4n) is 2.53. The molecule has 0 bridgehead atoms. The highest BCUT2D eigenvalue weighted by atomic mass is 19.4. The van der Waals surface area contributed by atoms with Crippen molar-refractivity contribution < 1.29 is 22.7 Å². The van der Waals surface area contributed by atoms with Gasteiger partial charge in [-0.2, -0.15) is 13.2 Å². The minimum absolute atomic E-state index is 0.120. The van der Waals surface area contributed by atoms with Gasteiger partial charge < -0.3 is 4.74 Å². The van der Waals surface area contributed by atoms with Crippen molar-refractivity contribution in [2.75, 3.05) is 4.90 Å². The van der Waals surface area contributed by atoms with Gasteiger partial charge in [0.1, 0.15) is 6.04 Å². The van der Waals surface area contributed by atoms with Crippen LogP contribution in [0.3, 0.4) is 0 Å². The summed E-state index contributed by atoms with van der Waals surface area (Å²) in [6.45, 7) is 3.23. The van der Waals surface area contributed by atoms with Crippen molar-refractivity contribution in [3.63, 3.8) is 0 Å². The molecule has 0 fully saturated rings. The minimum atomic E-state index is -4.48. The summed E-state index contributed by atoms with van der Waals surface area (Å²) in [5.74, 6) is 0. The molecule has 1 aliphatic heterocycles. The molecule has 0 N–H and O–H groups in total. The quantitative estimate of drug-likeness (QED) is 0.773. The van der Waals surface area contributed by atoms with Gasteiger partial charge in [0.05, 0.1) is 11.8 Å². The van der Waals surface area contributed by atoms with Crippen LogP contribution >= 0.6 is 0 Å². The summed E-state index contributed by atoms with van der Waals surface area (Å²) in [6.07, 6.45) is -5.11. The molecular weight excluding hydrogens is 283 g/mol. The summed E-state index contributed by atoms with van der Waals surface area (Å²) in [5, 5.41) is 0. The average molecular weight is 301 g/mol. The zero-order chi connectivity index (χ0) is 15.6. The molecular formula is C15H18F3NO2. The summed E-state index contributed by atoms with van der Waals surface area (Å²) in [6, 6.07) is 4.85. The number of hydrogen-bond acceptors (Lipinski definition) is 2. The topological polar surface area (TPSA) is 29.5 Å². The Bertz CT molecular complexity index is 514. The van der Waals surface area contributed by atoms with Crippen LogP contribution in [-0.2, 0) is 11.2 Å². The van der Waals surface area contributed by atoms with Gasteiger partial charge in [0.25, 0.3) is 0 Å². The third kappa shape index (κ3) is 3.49. The molecule has 1 atom stereocenters. The molecule has 1 aromatic rings. The van der Waals surface area contributed by atoms with Crippen molar-refractivity contribution in [1.82, 2.24) is 0 Å². The van der Waals surface area contributed by atoms with Crippen LogP contribution in [0.5, 0.6) is 0 Å². The maximum Gasteiger partial charge on any atom is 0.415 e. The highest BCUT2D eigenvalue weighted by Crippen LogP contribution is 2.37. The van der Waals surface area contributed by atoms with Gasteiger partial charge in [0.2, 0.25) is 0 Å². The van der Waals surface area contributed by atoms with Crippen molar-refractivity contribution in [2.24, 2.45) is 0 Å². The van der Waals surface area contributed by atoms with Crippen LogP contribution in [0, 0.1) is 0 Å². The maximum absolute atomic E-state index is 13.3. The lowest BCUT2D eigenvalue weighted by Crippen LogP contribution is -2.49. The fourth-order valence-corrected chi connectivity index (χ4v) is 2.53. The summed E-state index contributed by atoms with van der Waals surface area (Å²) >= 11 is 0. The van der Waals surface area contributed by atoms with E-state index in [9.17, 15) is 18.0 Å². The normalized spacial score (nSPS) is 19.1. The van der Waals surface area contributed by atoms with Gasteiger partial charge in [0.15, 0.2) is 0 Å². The smallest absolute Gasteiger partial charge is 0.415 e. The molecule has 0 aromatic heterocycles. The molecule has 2 rings (SSSR count). The van der Waals surface area contributed by atoms with Gasteiger partial charge in [-0.15, -0.1) is 0 Å². The molecule has 1 heterocycles. The first kappa shape index (κ1) is 15.7. The van der Waals surface area contributed by atoms with Crippen LogP contribution < -0.4 is 4.90 Å². The van der Waals surface area contributed by atoms with Crippen LogP contribution in [0.15, 0.2) is 24.3 Å². The molecule has 6 heteroatoms. The van der Waals surface area contributed by atoms with Crippen LogP contribution in [0.4, 0.5) is 23.7 Å². The van der Waals surface area contributed by atoms with E-state index in [1.54, 1.807) is 38.1 Å². The Morgan fingerprint density at radius 3 is 2.62 bits per heavy atom. The Kier molecular flexibility index (Phi) is 4.44. The average Bonchev–Trinajstić information content (AvgIpc) is 2.56. The second kappa shape index (κ2) is 5.95. The molecule has 116 valence electrons. The van der Waals surface area contributed by atoms with Crippen LogP contribution in [0.2, 0.25) is 0 Å². The molecule has 0 spiro atoms. The Hall–Kier alpha value is -1.72. The number of carbonyl (C=O) groups excluding carboxylic acids is 1. The number of carbonyl (C=O) groups is 1. The van der Waals surface area contributed by atoms with Crippen molar-refractivity contribution in [3.05, 3.63) is 29.8 Å². The SMILES string of the molecule is CC(C)OC(=O)N1c2ccccc2CCCC1C(F)(F)F. The lowest BCUT2D eigenvalue weighted by Gasteiger charge is -2.32. The van der Waals surface area contributed by atoms with Gasteiger partial charge in [0, 0.05) is 0 Å². The summed E-state index contributed by atoms with van der Waals surface area (Å²) in [5.41, 5.74) is 1.04. The van der Waals surface area contributed by atoms with E-state index >= 15 is 0 Å². The van der Waals surface area contributed by atoms with Crippen molar-refractivity contribution in [1.29, 1.82) is 0 Å². The van der Waals surface area contributed by atoms with E-state index in [4.69, 9.17) is 4.74 Å². The molecule has 1 aliphatic rings. The van der Waals surface area contributed by atoms with Gasteiger partial charge in [-0.1, -0.05) is 18.2 Å². The van der Waals surface area contributed by atoms with Crippen molar-refractivity contribution in [2.45, 2.75) is 51.4 Å². The van der Waals surface area contributed by atoms with Crippen LogP contribution in [0.25, 0.3) is 0 Å². The highest BCUT2D eigenvalue weighted by molar-refractivity contribution is 5.89. The molecule has 21 heavy (non-hydrogen) atoms. The predicted molar refractivity (Wildman–Crippen MR) is 73.3 cm³/mol. The van der Waals surface area contributed by atoms with Gasteiger partial charge in [-0.05, 0) is 44.7 Å². The lowest BCUT2D eigenvalue weighted by atomic mass is 10.1. The molecule has 0 radical (unpaired) electrons. The molecule has 0 saturated heterocycles. The number of ether oxygens (including phenoxy) is 1. The largest absolute Gasteiger partial charge is 0.446 e. The Balaban J connectivity index is 2.46. The first-order valence-electron chi connectivity index (χ1n) is 6.95. The number of rotatable bonds is 1. The summed E-state index contributed by atoms with van der Waals surface area (Å²) in [7, 11) is 0. The van der Waals surface area contributed by atoms with E-state index in [1.807, 2.05) is 0 Å². The number of anilines is 1. The molecule has 0 aliphatic carbocycles. The van der Waals surface area contributed by atoms with Crippen molar-refractivity contribution in [3.8, 4) is 0 Å². The second-order valence-corrected chi connectivity index (χ2v) is 5.38. The van der Waals surface area contributed by atoms with E-state index in [1.165, 1.54) is 0 Å². The Morgan fingerprint density at radius 1 is 1.33 bits per heavy atom. The third-order valence-corrected chi connectivity index (χ3v) is 3.40. The summed E-state index contributed by atoms with van der Waals surface area (Å²) < 4.78 is 45.0. The standard InChI is InChI=1S/C15H18F3NO2/c1-10(2)21-14(20)19-12-8-4-3-6-11(12)7-5-9-13(19)15(16,17)18/h3-4,6,8,10,13H,5,7,9H2,1-2H3. The minimum Gasteiger partial charge on any atom is -0.446 e. The van der Waals surface area contributed by atoms with E-state index in [0.29, 0.717) is 18.5 Å². The molecule has 1 aromatic carbocycles. The zero-order valence-electron chi connectivity index (χ0n) is 12.0. The second-order valence-electron chi connectivity index (χ2n) is 5.38. The first-order valence-corrected chi connectivity index (χ1v) is 6.95. The molecule has 0 saturated carbocycles. The monoisotopic (exact) mass is 301 g/mol. The predicted octanol–water partition coefficient (Wildman–Crippen LogP) is 4.31. The van der Waals surface area contributed by atoms with Gasteiger partial charge in [-0.3, -0.25) is 4.90 Å². The summed E-state index contributed by atoms with van der Waals surface area (Å²) in [4.78, 5) is 13.0. The number of amides is 1. The Morgan fingerprint density at radius 2 is 2.00 bits per heavy atom. The van der Waals surface area contributed by atoms with E-state index in [-0.39, 0.29) is 6.42 Å². The molecule has 3 nitrogen and oxygen atoms in total. The van der Waals surface area contributed by atoms with E-state index in [0.717, 1.165) is 10.5 Å². The number of benzene rings is 1. The van der Waals surface area contributed by atoms with E-state index in [2.05, 4.69) is 0 Å². The Labute approximate surface area is 121 Å². The molecule has 1 unspecified atom stereocenters. The van der Waals surface area contributed by atoms with E-state index < -0.39 is 24.4 Å². The number of alkyl halides is 3. The first-order chi connectivity index (χ1) is 9.80.